The number of Topliss-reactive ketones (excluding diaryl/α,β-unsaturated/α-hetero) is 1. The number of rotatable bonds is 7. The Balaban J connectivity index is 1.93. The first-order valence-electron chi connectivity index (χ1n) is 10.7. The van der Waals surface area contributed by atoms with Gasteiger partial charge in [-0.2, -0.15) is 0 Å². The monoisotopic (exact) mass is 579 g/mol. The molecule has 6 nitrogen and oxygen atoms in total. The number of halogens is 3. The second-order valence-electron chi connectivity index (χ2n) is 8.82. The molecule has 0 heterocycles. The number of nitrogens with zero attached hydrogens (tertiary/aromatic N) is 1. The van der Waals surface area contributed by atoms with Gasteiger partial charge in [0, 0.05) is 5.69 Å². The zero-order valence-electron chi connectivity index (χ0n) is 19.7. The third-order valence-corrected chi connectivity index (χ3v) is 6.55. The average Bonchev–Trinajstić information content (AvgIpc) is 2.78. The van der Waals surface area contributed by atoms with Gasteiger partial charge in [-0.3, -0.25) is 9.59 Å². The average molecular weight is 581 g/mol. The number of hydrogen-bond acceptors (Lipinski definition) is 5. The lowest BCUT2D eigenvalue weighted by Gasteiger charge is -2.24. The number of fused-ring (bicyclic) bond motifs is 1. The summed E-state index contributed by atoms with van der Waals surface area (Å²) in [5.41, 5.74) is 0.400. The number of ketones is 1. The van der Waals surface area contributed by atoms with Crippen molar-refractivity contribution in [1.29, 1.82) is 0 Å². The van der Waals surface area contributed by atoms with E-state index in [0.717, 1.165) is 20.8 Å². The maximum Gasteiger partial charge on any atom is 0.375 e. The van der Waals surface area contributed by atoms with E-state index in [9.17, 15) is 14.4 Å². The highest BCUT2D eigenvalue weighted by molar-refractivity contribution is 9.10. The molecule has 0 saturated carbocycles. The van der Waals surface area contributed by atoms with Gasteiger partial charge in [0.2, 0.25) is 11.7 Å². The summed E-state index contributed by atoms with van der Waals surface area (Å²) in [5.74, 6) is -1.84. The Morgan fingerprint density at radius 3 is 2.31 bits per heavy atom. The molecule has 0 fully saturated rings. The van der Waals surface area contributed by atoms with E-state index in [-0.39, 0.29) is 11.6 Å². The van der Waals surface area contributed by atoms with Crippen LogP contribution in [0.2, 0.25) is 10.0 Å². The SMILES string of the molecule is COc1ccc2cc(CN(C(=O)CC(=O)C(=O)OC(C)(C)C)c3ccc(Cl)c(Cl)c3)ccc2c1Br. The summed E-state index contributed by atoms with van der Waals surface area (Å²) in [6, 6.07) is 14.2. The molecule has 0 radical (unpaired) electrons. The summed E-state index contributed by atoms with van der Waals surface area (Å²) in [6.45, 7) is 5.08. The molecule has 0 atom stereocenters. The molecule has 0 aliphatic rings. The summed E-state index contributed by atoms with van der Waals surface area (Å²) < 4.78 is 11.3. The third kappa shape index (κ3) is 6.75. The Morgan fingerprint density at radius 2 is 1.69 bits per heavy atom. The van der Waals surface area contributed by atoms with Crippen LogP contribution in [0.3, 0.4) is 0 Å². The summed E-state index contributed by atoms with van der Waals surface area (Å²) in [7, 11) is 1.60. The first-order chi connectivity index (χ1) is 16.4. The normalized spacial score (nSPS) is 11.3. The summed E-state index contributed by atoms with van der Waals surface area (Å²) >= 11 is 15.8. The van der Waals surface area contributed by atoms with Crippen LogP contribution in [-0.4, -0.2) is 30.4 Å². The van der Waals surface area contributed by atoms with E-state index in [1.54, 1.807) is 46.1 Å². The van der Waals surface area contributed by atoms with Gasteiger partial charge in [-0.15, -0.1) is 0 Å². The highest BCUT2D eigenvalue weighted by atomic mass is 79.9. The van der Waals surface area contributed by atoms with Gasteiger partial charge in [-0.25, -0.2) is 4.79 Å². The predicted octanol–water partition coefficient (Wildman–Crippen LogP) is 6.75. The van der Waals surface area contributed by atoms with Crippen molar-refractivity contribution in [2.45, 2.75) is 39.3 Å². The molecule has 0 bridgehead atoms. The van der Waals surface area contributed by atoms with Crippen molar-refractivity contribution >= 4 is 73.3 Å². The first kappa shape index (κ1) is 27.0. The van der Waals surface area contributed by atoms with Gasteiger partial charge in [0.25, 0.3) is 0 Å². The summed E-state index contributed by atoms with van der Waals surface area (Å²) in [5, 5.41) is 2.47. The predicted molar refractivity (Wildman–Crippen MR) is 141 cm³/mol. The van der Waals surface area contributed by atoms with Crippen LogP contribution in [-0.2, 0) is 25.7 Å². The maximum atomic E-state index is 13.2. The number of benzene rings is 3. The molecule has 3 aromatic carbocycles. The Labute approximate surface area is 222 Å². The number of carbonyl (C=O) groups excluding carboxylic acids is 3. The van der Waals surface area contributed by atoms with E-state index in [2.05, 4.69) is 15.9 Å². The fourth-order valence-corrected chi connectivity index (χ4v) is 4.32. The van der Waals surface area contributed by atoms with Crippen LogP contribution >= 0.6 is 39.1 Å². The first-order valence-corrected chi connectivity index (χ1v) is 12.2. The Hall–Kier alpha value is -2.61. The van der Waals surface area contributed by atoms with Crippen molar-refractivity contribution in [2.75, 3.05) is 12.0 Å². The number of carbonyl (C=O) groups is 3. The number of methoxy groups -OCH3 is 1. The van der Waals surface area contributed by atoms with E-state index >= 15 is 0 Å². The van der Waals surface area contributed by atoms with Gasteiger partial charge in [0.1, 0.15) is 11.4 Å². The molecule has 1 amide bonds. The maximum absolute atomic E-state index is 13.2. The molecular formula is C26H24BrCl2NO5. The van der Waals surface area contributed by atoms with Crippen molar-refractivity contribution in [3.8, 4) is 5.75 Å². The van der Waals surface area contributed by atoms with Crippen LogP contribution in [0.4, 0.5) is 5.69 Å². The molecule has 0 unspecified atom stereocenters. The zero-order valence-corrected chi connectivity index (χ0v) is 22.8. The number of hydrogen-bond donors (Lipinski definition) is 0. The van der Waals surface area contributed by atoms with Gasteiger partial charge in [0.15, 0.2) is 0 Å². The Bertz CT molecular complexity index is 1300. The van der Waals surface area contributed by atoms with Crippen molar-refractivity contribution in [1.82, 2.24) is 0 Å². The van der Waals surface area contributed by atoms with Gasteiger partial charge >= 0.3 is 5.97 Å². The van der Waals surface area contributed by atoms with E-state index in [0.29, 0.717) is 16.5 Å². The van der Waals surface area contributed by atoms with Crippen LogP contribution in [0.5, 0.6) is 5.75 Å². The van der Waals surface area contributed by atoms with Gasteiger partial charge in [-0.05, 0) is 83.4 Å². The Kier molecular flexibility index (Phi) is 8.46. The van der Waals surface area contributed by atoms with Crippen molar-refractivity contribution in [2.24, 2.45) is 0 Å². The fraction of sp³-hybridized carbons (Fsp3) is 0.269. The molecule has 9 heteroatoms. The van der Waals surface area contributed by atoms with E-state index in [1.807, 2.05) is 30.3 Å². The molecule has 0 N–H and O–H groups in total. The topological polar surface area (TPSA) is 72.9 Å². The summed E-state index contributed by atoms with van der Waals surface area (Å²) in [4.78, 5) is 39.2. The molecular weight excluding hydrogens is 557 g/mol. The van der Waals surface area contributed by atoms with Gasteiger partial charge in [-0.1, -0.05) is 41.4 Å². The van der Waals surface area contributed by atoms with E-state index < -0.39 is 29.7 Å². The molecule has 184 valence electrons. The smallest absolute Gasteiger partial charge is 0.375 e. The second kappa shape index (κ2) is 11.0. The van der Waals surface area contributed by atoms with Crippen LogP contribution < -0.4 is 9.64 Å². The largest absolute Gasteiger partial charge is 0.496 e. The van der Waals surface area contributed by atoms with Crippen LogP contribution in [0.15, 0.2) is 53.0 Å². The molecule has 0 aliphatic carbocycles. The van der Waals surface area contributed by atoms with Crippen molar-refractivity contribution in [3.05, 3.63) is 68.6 Å². The summed E-state index contributed by atoms with van der Waals surface area (Å²) in [6.07, 6.45) is -0.647. The standard InChI is InChI=1S/C26H24BrCl2NO5/c1-26(2,3)35-25(33)21(31)13-23(32)30(17-7-9-19(28)20(29)12-17)14-15-5-8-18-16(11-15)6-10-22(34-4)24(18)27/h5-12H,13-14H2,1-4H3. The lowest BCUT2D eigenvalue weighted by Crippen LogP contribution is -2.35. The molecule has 0 aromatic heterocycles. The fourth-order valence-electron chi connectivity index (χ4n) is 3.38. The highest BCUT2D eigenvalue weighted by Gasteiger charge is 2.28. The van der Waals surface area contributed by atoms with Crippen molar-refractivity contribution < 1.29 is 23.9 Å². The number of anilines is 1. The van der Waals surface area contributed by atoms with Crippen molar-refractivity contribution in [3.63, 3.8) is 0 Å². The quantitative estimate of drug-likeness (QED) is 0.175. The highest BCUT2D eigenvalue weighted by Crippen LogP contribution is 2.34. The molecule has 0 aliphatic heterocycles. The number of ether oxygens (including phenoxy) is 2. The van der Waals surface area contributed by atoms with Crippen LogP contribution in [0.1, 0.15) is 32.8 Å². The minimum absolute atomic E-state index is 0.137. The number of esters is 1. The van der Waals surface area contributed by atoms with Crippen LogP contribution in [0, 0.1) is 0 Å². The van der Waals surface area contributed by atoms with E-state index in [4.69, 9.17) is 32.7 Å². The minimum atomic E-state index is -1.05. The van der Waals surface area contributed by atoms with Crippen LogP contribution in [0.25, 0.3) is 10.8 Å². The van der Waals surface area contributed by atoms with E-state index in [1.165, 1.54) is 4.90 Å². The second-order valence-corrected chi connectivity index (χ2v) is 10.4. The molecule has 35 heavy (non-hydrogen) atoms. The molecule has 3 rings (SSSR count). The Morgan fingerprint density at radius 1 is 0.971 bits per heavy atom. The van der Waals surface area contributed by atoms with Gasteiger partial charge < -0.3 is 14.4 Å². The van der Waals surface area contributed by atoms with Gasteiger partial charge in [0.05, 0.1) is 34.6 Å². The zero-order chi connectivity index (χ0) is 25.9. The number of amides is 1. The lowest BCUT2D eigenvalue weighted by molar-refractivity contribution is -0.163. The molecule has 0 saturated heterocycles. The lowest BCUT2D eigenvalue weighted by atomic mass is 10.1. The molecule has 3 aromatic rings. The minimum Gasteiger partial charge on any atom is -0.496 e. The third-order valence-electron chi connectivity index (χ3n) is 5.00. The molecule has 0 spiro atoms.